The fraction of sp³-hybridized carbons (Fsp3) is 0.471. The molecule has 0 fully saturated rings. The van der Waals surface area contributed by atoms with Crippen molar-refractivity contribution in [1.29, 1.82) is 0 Å². The highest BCUT2D eigenvalue weighted by Gasteiger charge is 2.16. The molecule has 0 radical (unpaired) electrons. The number of nitrogens with zero attached hydrogens (tertiary/aromatic N) is 2. The number of thiazole rings is 1. The summed E-state index contributed by atoms with van der Waals surface area (Å²) in [6, 6.07) is 8.89. The third-order valence-corrected chi connectivity index (χ3v) is 5.01. The molecule has 1 N–H and O–H groups in total. The van der Waals surface area contributed by atoms with Crippen molar-refractivity contribution in [3.05, 3.63) is 40.4 Å². The van der Waals surface area contributed by atoms with Gasteiger partial charge in [0, 0.05) is 23.7 Å². The van der Waals surface area contributed by atoms with Crippen molar-refractivity contribution >= 4 is 22.2 Å². The van der Waals surface area contributed by atoms with Gasteiger partial charge in [0.25, 0.3) is 0 Å². The van der Waals surface area contributed by atoms with Gasteiger partial charge in [-0.05, 0) is 51.4 Å². The minimum atomic E-state index is 0.363. The van der Waals surface area contributed by atoms with E-state index in [9.17, 15) is 0 Å². The number of aryl methyl sites for hydroxylation is 2. The summed E-state index contributed by atoms with van der Waals surface area (Å²) >= 11 is 1.78. The van der Waals surface area contributed by atoms with Gasteiger partial charge >= 0.3 is 0 Å². The Kier molecular flexibility index (Phi) is 5.37. The van der Waals surface area contributed by atoms with E-state index in [0.29, 0.717) is 6.04 Å². The van der Waals surface area contributed by atoms with E-state index in [4.69, 9.17) is 4.98 Å². The van der Waals surface area contributed by atoms with Crippen LogP contribution >= 0.6 is 11.3 Å². The third-order valence-electron chi connectivity index (χ3n) is 3.59. The van der Waals surface area contributed by atoms with Crippen LogP contribution in [0.5, 0.6) is 0 Å². The van der Waals surface area contributed by atoms with E-state index in [1.54, 1.807) is 11.3 Å². The maximum absolute atomic E-state index is 4.75. The number of benzene rings is 1. The van der Waals surface area contributed by atoms with Crippen molar-refractivity contribution in [1.82, 2.24) is 10.3 Å². The van der Waals surface area contributed by atoms with Crippen LogP contribution in [-0.2, 0) is 0 Å². The van der Waals surface area contributed by atoms with Crippen LogP contribution in [0.3, 0.4) is 0 Å². The van der Waals surface area contributed by atoms with Gasteiger partial charge in [-0.1, -0.05) is 30.4 Å². The van der Waals surface area contributed by atoms with Gasteiger partial charge in [0.2, 0.25) is 0 Å². The summed E-state index contributed by atoms with van der Waals surface area (Å²) in [7, 11) is 2.08. The van der Waals surface area contributed by atoms with Gasteiger partial charge < -0.3 is 10.2 Å². The first-order chi connectivity index (χ1) is 10.0. The van der Waals surface area contributed by atoms with E-state index in [2.05, 4.69) is 69.2 Å². The van der Waals surface area contributed by atoms with Crippen LogP contribution in [-0.4, -0.2) is 18.6 Å². The number of hydrogen-bond acceptors (Lipinski definition) is 4. The van der Waals surface area contributed by atoms with Crippen molar-refractivity contribution in [2.24, 2.45) is 0 Å². The molecule has 2 aromatic rings. The van der Waals surface area contributed by atoms with Crippen LogP contribution in [0.25, 0.3) is 0 Å². The fourth-order valence-electron chi connectivity index (χ4n) is 2.34. The van der Waals surface area contributed by atoms with Gasteiger partial charge in [-0.25, -0.2) is 4.98 Å². The van der Waals surface area contributed by atoms with Gasteiger partial charge in [0.1, 0.15) is 0 Å². The standard InChI is InChI=1S/C17H25N3S/c1-6-10-18-13(3)16-14(4)19-17(21-16)20(5)15-9-7-8-12(2)11-15/h7-9,11,13,18H,6,10H2,1-5H3. The molecule has 1 atom stereocenters. The van der Waals surface area contributed by atoms with Gasteiger partial charge in [-0.15, -0.1) is 0 Å². The molecule has 21 heavy (non-hydrogen) atoms. The van der Waals surface area contributed by atoms with E-state index < -0.39 is 0 Å². The molecular weight excluding hydrogens is 278 g/mol. The van der Waals surface area contributed by atoms with Crippen LogP contribution in [0.15, 0.2) is 24.3 Å². The molecule has 0 aliphatic rings. The Morgan fingerprint density at radius 1 is 1.33 bits per heavy atom. The molecule has 1 heterocycles. The highest BCUT2D eigenvalue weighted by atomic mass is 32.1. The number of anilines is 2. The summed E-state index contributed by atoms with van der Waals surface area (Å²) in [6.07, 6.45) is 1.15. The molecule has 1 aromatic heterocycles. The lowest BCUT2D eigenvalue weighted by molar-refractivity contribution is 0.575. The summed E-state index contributed by atoms with van der Waals surface area (Å²) in [6.45, 7) is 9.67. The van der Waals surface area contributed by atoms with Crippen molar-refractivity contribution in [3.8, 4) is 0 Å². The topological polar surface area (TPSA) is 28.2 Å². The first-order valence-electron chi connectivity index (χ1n) is 7.54. The molecule has 0 aliphatic heterocycles. The zero-order chi connectivity index (χ0) is 15.4. The van der Waals surface area contributed by atoms with Crippen LogP contribution in [0.4, 0.5) is 10.8 Å². The molecule has 1 unspecified atom stereocenters. The zero-order valence-electron chi connectivity index (χ0n) is 13.6. The molecular formula is C17H25N3S. The quantitative estimate of drug-likeness (QED) is 0.846. The molecule has 1 aromatic carbocycles. The first-order valence-corrected chi connectivity index (χ1v) is 8.35. The highest BCUT2D eigenvalue weighted by molar-refractivity contribution is 7.15. The van der Waals surface area contributed by atoms with Crippen molar-refractivity contribution in [2.75, 3.05) is 18.5 Å². The van der Waals surface area contributed by atoms with E-state index >= 15 is 0 Å². The second-order valence-electron chi connectivity index (χ2n) is 5.52. The maximum Gasteiger partial charge on any atom is 0.190 e. The number of aromatic nitrogens is 1. The first kappa shape index (κ1) is 16.0. The van der Waals surface area contributed by atoms with E-state index in [0.717, 1.165) is 23.8 Å². The zero-order valence-corrected chi connectivity index (χ0v) is 14.4. The van der Waals surface area contributed by atoms with Crippen molar-refractivity contribution in [2.45, 2.75) is 40.2 Å². The second kappa shape index (κ2) is 7.05. The van der Waals surface area contributed by atoms with Crippen LogP contribution < -0.4 is 10.2 Å². The third kappa shape index (κ3) is 3.83. The predicted molar refractivity (Wildman–Crippen MR) is 92.8 cm³/mol. The van der Waals surface area contributed by atoms with E-state index in [1.807, 2.05) is 0 Å². The summed E-state index contributed by atoms with van der Waals surface area (Å²) in [5, 5.41) is 4.60. The second-order valence-corrected chi connectivity index (χ2v) is 6.53. The van der Waals surface area contributed by atoms with Gasteiger partial charge in [-0.3, -0.25) is 0 Å². The molecule has 0 amide bonds. The Morgan fingerprint density at radius 2 is 2.10 bits per heavy atom. The average Bonchev–Trinajstić information content (AvgIpc) is 2.86. The largest absolute Gasteiger partial charge is 0.321 e. The van der Waals surface area contributed by atoms with Crippen molar-refractivity contribution < 1.29 is 0 Å². The smallest absolute Gasteiger partial charge is 0.190 e. The van der Waals surface area contributed by atoms with Crippen LogP contribution in [0.2, 0.25) is 0 Å². The summed E-state index contributed by atoms with van der Waals surface area (Å²) in [5.74, 6) is 0. The molecule has 0 bridgehead atoms. The van der Waals surface area contributed by atoms with Gasteiger partial charge in [0.05, 0.1) is 5.69 Å². The van der Waals surface area contributed by atoms with Crippen LogP contribution in [0, 0.1) is 13.8 Å². The number of rotatable bonds is 6. The molecule has 0 saturated carbocycles. The highest BCUT2D eigenvalue weighted by Crippen LogP contribution is 2.33. The molecule has 0 spiro atoms. The summed E-state index contributed by atoms with van der Waals surface area (Å²) in [5.41, 5.74) is 3.58. The molecule has 0 aliphatic carbocycles. The SMILES string of the molecule is CCCNC(C)c1sc(N(C)c2cccc(C)c2)nc1C. The average molecular weight is 303 g/mol. The van der Waals surface area contributed by atoms with Gasteiger partial charge in [0.15, 0.2) is 5.13 Å². The number of nitrogens with one attached hydrogen (secondary N) is 1. The monoisotopic (exact) mass is 303 g/mol. The lowest BCUT2D eigenvalue weighted by Crippen LogP contribution is -2.18. The predicted octanol–water partition coefficient (Wildman–Crippen LogP) is 4.59. The van der Waals surface area contributed by atoms with E-state index in [-0.39, 0.29) is 0 Å². The molecule has 0 saturated heterocycles. The molecule has 3 nitrogen and oxygen atoms in total. The Balaban J connectivity index is 2.21. The lowest BCUT2D eigenvalue weighted by Gasteiger charge is -2.16. The minimum absolute atomic E-state index is 0.363. The Morgan fingerprint density at radius 3 is 2.76 bits per heavy atom. The molecule has 2 rings (SSSR count). The number of hydrogen-bond donors (Lipinski definition) is 1. The summed E-state index contributed by atoms with van der Waals surface area (Å²) in [4.78, 5) is 8.25. The normalized spacial score (nSPS) is 12.4. The van der Waals surface area contributed by atoms with E-state index in [1.165, 1.54) is 16.1 Å². The molecule has 114 valence electrons. The molecule has 4 heteroatoms. The Bertz CT molecular complexity index is 591. The van der Waals surface area contributed by atoms with Gasteiger partial charge in [-0.2, -0.15) is 0 Å². The Labute approximate surface area is 132 Å². The minimum Gasteiger partial charge on any atom is -0.321 e. The Hall–Kier alpha value is -1.39. The van der Waals surface area contributed by atoms with Crippen LogP contribution in [0.1, 0.15) is 42.4 Å². The summed E-state index contributed by atoms with van der Waals surface area (Å²) < 4.78 is 0. The maximum atomic E-state index is 4.75. The fourth-order valence-corrected chi connectivity index (χ4v) is 3.41. The van der Waals surface area contributed by atoms with Crippen molar-refractivity contribution in [3.63, 3.8) is 0 Å². The lowest BCUT2D eigenvalue weighted by atomic mass is 10.2.